The van der Waals surface area contributed by atoms with Crippen molar-refractivity contribution >= 4 is 17.3 Å². The molecular formula is C13H18N2O4S. The second-order valence-corrected chi connectivity index (χ2v) is 6.13. The van der Waals surface area contributed by atoms with Crippen LogP contribution in [-0.2, 0) is 27.2 Å². The molecular weight excluding hydrogens is 280 g/mol. The topological polar surface area (TPSA) is 71.9 Å². The summed E-state index contributed by atoms with van der Waals surface area (Å²) in [6, 6.07) is 0. The average molecular weight is 298 g/mol. The van der Waals surface area contributed by atoms with Crippen molar-refractivity contribution in [2.75, 3.05) is 26.3 Å². The third kappa shape index (κ3) is 3.17. The highest BCUT2D eigenvalue weighted by Crippen LogP contribution is 2.31. The molecule has 0 amide bonds. The van der Waals surface area contributed by atoms with E-state index in [-0.39, 0.29) is 12.2 Å². The van der Waals surface area contributed by atoms with E-state index in [9.17, 15) is 4.79 Å². The summed E-state index contributed by atoms with van der Waals surface area (Å²) in [6.07, 6.45) is 1.78. The van der Waals surface area contributed by atoms with E-state index in [1.54, 1.807) is 0 Å². The second-order valence-electron chi connectivity index (χ2n) is 5.19. The molecule has 20 heavy (non-hydrogen) atoms. The first-order valence-electron chi connectivity index (χ1n) is 6.81. The van der Waals surface area contributed by atoms with Crippen molar-refractivity contribution in [3.63, 3.8) is 0 Å². The van der Waals surface area contributed by atoms with Crippen molar-refractivity contribution < 1.29 is 19.4 Å². The summed E-state index contributed by atoms with van der Waals surface area (Å²) >= 11 is 1.53. The maximum atomic E-state index is 10.6. The van der Waals surface area contributed by atoms with Gasteiger partial charge in [0.1, 0.15) is 5.01 Å². The molecule has 2 aliphatic heterocycles. The molecule has 2 saturated heterocycles. The lowest BCUT2D eigenvalue weighted by Gasteiger charge is -2.37. The minimum atomic E-state index is -0.836. The van der Waals surface area contributed by atoms with Crippen molar-refractivity contribution in [2.24, 2.45) is 0 Å². The fourth-order valence-corrected chi connectivity index (χ4v) is 3.52. The number of carboxylic acids is 1. The molecule has 1 aromatic rings. The molecule has 0 unspecified atom stereocenters. The third-order valence-corrected chi connectivity index (χ3v) is 4.60. The van der Waals surface area contributed by atoms with E-state index in [0.29, 0.717) is 18.9 Å². The van der Waals surface area contributed by atoms with Crippen LogP contribution in [0.2, 0.25) is 0 Å². The van der Waals surface area contributed by atoms with Gasteiger partial charge in [-0.3, -0.25) is 9.69 Å². The van der Waals surface area contributed by atoms with Gasteiger partial charge in [0.2, 0.25) is 0 Å². The second kappa shape index (κ2) is 5.77. The van der Waals surface area contributed by atoms with Gasteiger partial charge in [0.05, 0.1) is 31.9 Å². The van der Waals surface area contributed by atoms with Crippen molar-refractivity contribution in [3.05, 3.63) is 16.1 Å². The summed E-state index contributed by atoms with van der Waals surface area (Å²) in [5, 5.41) is 11.6. The third-order valence-electron chi connectivity index (χ3n) is 3.72. The van der Waals surface area contributed by atoms with Crippen LogP contribution in [0, 0.1) is 0 Å². The molecule has 1 spiro atoms. The molecule has 3 heterocycles. The molecule has 0 aliphatic carbocycles. The summed E-state index contributed by atoms with van der Waals surface area (Å²) in [6.45, 7) is 4.03. The SMILES string of the molecule is O=C(O)Cc1csc(CN2CCC3(CC2)OCCO3)n1. The van der Waals surface area contributed by atoms with E-state index in [2.05, 4.69) is 9.88 Å². The van der Waals surface area contributed by atoms with Crippen molar-refractivity contribution in [3.8, 4) is 0 Å². The number of ether oxygens (including phenoxy) is 2. The summed E-state index contributed by atoms with van der Waals surface area (Å²) < 4.78 is 11.4. The lowest BCUT2D eigenvalue weighted by molar-refractivity contribution is -0.185. The van der Waals surface area contributed by atoms with Crippen molar-refractivity contribution in [1.29, 1.82) is 0 Å². The Hall–Kier alpha value is -1.02. The number of thiazole rings is 1. The van der Waals surface area contributed by atoms with E-state index in [1.165, 1.54) is 11.3 Å². The van der Waals surface area contributed by atoms with Gasteiger partial charge in [-0.05, 0) is 0 Å². The number of aliphatic carboxylic acids is 1. The average Bonchev–Trinajstić information content (AvgIpc) is 3.02. The first kappa shape index (κ1) is 13.9. The van der Waals surface area contributed by atoms with Gasteiger partial charge in [-0.1, -0.05) is 0 Å². The van der Waals surface area contributed by atoms with Crippen LogP contribution in [0.15, 0.2) is 5.38 Å². The zero-order valence-corrected chi connectivity index (χ0v) is 12.0. The fraction of sp³-hybridized carbons (Fsp3) is 0.692. The van der Waals surface area contributed by atoms with E-state index >= 15 is 0 Å². The van der Waals surface area contributed by atoms with Gasteiger partial charge in [-0.15, -0.1) is 11.3 Å². The molecule has 110 valence electrons. The van der Waals surface area contributed by atoms with E-state index < -0.39 is 5.97 Å². The van der Waals surface area contributed by atoms with E-state index in [0.717, 1.165) is 37.5 Å². The predicted molar refractivity (Wildman–Crippen MR) is 72.6 cm³/mol. The lowest BCUT2D eigenvalue weighted by Crippen LogP contribution is -2.44. The summed E-state index contributed by atoms with van der Waals surface area (Å²) in [5.41, 5.74) is 0.647. The molecule has 3 rings (SSSR count). The van der Waals surface area contributed by atoms with Crippen LogP contribution in [0.25, 0.3) is 0 Å². The Kier molecular flexibility index (Phi) is 4.02. The van der Waals surface area contributed by atoms with Gasteiger partial charge >= 0.3 is 5.97 Å². The molecule has 1 N–H and O–H groups in total. The monoisotopic (exact) mass is 298 g/mol. The lowest BCUT2D eigenvalue weighted by atomic mass is 10.0. The Labute approximate surface area is 121 Å². The zero-order chi connectivity index (χ0) is 14.0. The maximum absolute atomic E-state index is 10.6. The highest BCUT2D eigenvalue weighted by molar-refractivity contribution is 7.09. The standard InChI is InChI=1S/C13H18N2O4S/c16-12(17)7-10-9-20-11(14-10)8-15-3-1-13(2-4-15)18-5-6-19-13/h9H,1-8H2,(H,16,17). The number of nitrogens with zero attached hydrogens (tertiary/aromatic N) is 2. The number of likely N-dealkylation sites (tertiary alicyclic amines) is 1. The minimum Gasteiger partial charge on any atom is -0.481 e. The number of piperidine rings is 1. The Morgan fingerprint density at radius 2 is 2.10 bits per heavy atom. The number of aromatic nitrogens is 1. The minimum absolute atomic E-state index is 0.00128. The van der Waals surface area contributed by atoms with Crippen molar-refractivity contribution in [1.82, 2.24) is 9.88 Å². The summed E-state index contributed by atoms with van der Waals surface area (Å²) in [7, 11) is 0. The number of carbonyl (C=O) groups is 1. The van der Waals surface area contributed by atoms with Crippen LogP contribution < -0.4 is 0 Å². The van der Waals surface area contributed by atoms with Crippen LogP contribution in [0.3, 0.4) is 0 Å². The predicted octanol–water partition coefficient (Wildman–Crippen LogP) is 1.11. The molecule has 7 heteroatoms. The molecule has 0 saturated carbocycles. The van der Waals surface area contributed by atoms with Crippen LogP contribution in [0.1, 0.15) is 23.5 Å². The quantitative estimate of drug-likeness (QED) is 0.898. The highest BCUT2D eigenvalue weighted by atomic mass is 32.1. The van der Waals surface area contributed by atoms with Gasteiger partial charge in [0, 0.05) is 31.3 Å². The molecule has 1 aromatic heterocycles. The van der Waals surface area contributed by atoms with Gasteiger partial charge in [0.15, 0.2) is 5.79 Å². The van der Waals surface area contributed by atoms with Gasteiger partial charge in [0.25, 0.3) is 0 Å². The Balaban J connectivity index is 1.51. The van der Waals surface area contributed by atoms with Gasteiger partial charge in [-0.2, -0.15) is 0 Å². The van der Waals surface area contributed by atoms with E-state index in [4.69, 9.17) is 14.6 Å². The first-order chi connectivity index (χ1) is 9.65. The van der Waals surface area contributed by atoms with Crippen LogP contribution in [-0.4, -0.2) is 53.1 Å². The molecule has 6 nitrogen and oxygen atoms in total. The Morgan fingerprint density at radius 1 is 1.40 bits per heavy atom. The number of hydrogen-bond donors (Lipinski definition) is 1. The summed E-state index contributed by atoms with van der Waals surface area (Å²) in [5.74, 6) is -1.18. The first-order valence-corrected chi connectivity index (χ1v) is 7.69. The molecule has 0 radical (unpaired) electrons. The number of rotatable bonds is 4. The normalized spacial score (nSPS) is 22.4. The summed E-state index contributed by atoms with van der Waals surface area (Å²) in [4.78, 5) is 17.3. The molecule has 0 bridgehead atoms. The Bertz CT molecular complexity index is 474. The number of carboxylic acid groups (broad SMARTS) is 1. The smallest absolute Gasteiger partial charge is 0.309 e. The van der Waals surface area contributed by atoms with Crippen LogP contribution >= 0.6 is 11.3 Å². The molecule has 0 aromatic carbocycles. The van der Waals surface area contributed by atoms with Gasteiger partial charge in [-0.25, -0.2) is 4.98 Å². The zero-order valence-electron chi connectivity index (χ0n) is 11.2. The van der Waals surface area contributed by atoms with Crippen molar-refractivity contribution in [2.45, 2.75) is 31.6 Å². The molecule has 0 atom stereocenters. The number of hydrogen-bond acceptors (Lipinski definition) is 6. The Morgan fingerprint density at radius 3 is 2.75 bits per heavy atom. The molecule has 2 aliphatic rings. The molecule has 2 fully saturated rings. The fourth-order valence-electron chi connectivity index (χ4n) is 2.69. The van der Waals surface area contributed by atoms with Gasteiger partial charge < -0.3 is 14.6 Å². The van der Waals surface area contributed by atoms with Crippen LogP contribution in [0.4, 0.5) is 0 Å². The maximum Gasteiger partial charge on any atom is 0.309 e. The highest BCUT2D eigenvalue weighted by Gasteiger charge is 2.39. The van der Waals surface area contributed by atoms with Crippen LogP contribution in [0.5, 0.6) is 0 Å². The largest absolute Gasteiger partial charge is 0.481 e. The van der Waals surface area contributed by atoms with E-state index in [1.807, 2.05) is 5.38 Å².